The molecule has 0 saturated heterocycles. The van der Waals surface area contributed by atoms with Gasteiger partial charge < -0.3 is 19.5 Å². The number of benzene rings is 2. The maximum atomic E-state index is 13.0. The van der Waals surface area contributed by atoms with Gasteiger partial charge in [0.15, 0.2) is 11.5 Å². The molecule has 2 aromatic rings. The minimum absolute atomic E-state index is 0.0120. The van der Waals surface area contributed by atoms with E-state index < -0.39 is 21.5 Å². The lowest BCUT2D eigenvalue weighted by atomic mass is 9.89. The zero-order chi connectivity index (χ0) is 22.8. The van der Waals surface area contributed by atoms with Crippen molar-refractivity contribution in [2.75, 3.05) is 27.8 Å². The molecule has 0 spiro atoms. The Labute approximate surface area is 183 Å². The van der Waals surface area contributed by atoms with Crippen molar-refractivity contribution in [3.8, 4) is 17.2 Å². The number of sulfonamides is 1. The second kappa shape index (κ2) is 8.76. The van der Waals surface area contributed by atoms with E-state index in [0.717, 1.165) is 15.6 Å². The Morgan fingerprint density at radius 2 is 1.84 bits per heavy atom. The zero-order valence-corrected chi connectivity index (χ0v) is 19.2. The molecule has 2 aromatic carbocycles. The van der Waals surface area contributed by atoms with E-state index in [2.05, 4.69) is 5.32 Å². The number of likely N-dealkylation sites (N-methyl/N-ethyl adjacent to an activating group) is 1. The Balaban J connectivity index is 1.75. The van der Waals surface area contributed by atoms with E-state index in [1.54, 1.807) is 0 Å². The minimum atomic E-state index is -3.90. The molecule has 0 unspecified atom stereocenters. The topological polar surface area (TPSA) is 94.2 Å². The number of hydrogen-bond donors (Lipinski definition) is 1. The minimum Gasteiger partial charge on any atom is -0.493 e. The number of nitrogens with zero attached hydrogens (tertiary/aromatic N) is 1. The highest BCUT2D eigenvalue weighted by Gasteiger charge is 2.35. The lowest BCUT2D eigenvalue weighted by Crippen LogP contribution is -2.44. The van der Waals surface area contributed by atoms with Crippen molar-refractivity contribution >= 4 is 15.9 Å². The Hall–Kier alpha value is -2.78. The first-order valence-corrected chi connectivity index (χ1v) is 11.3. The highest BCUT2D eigenvalue weighted by atomic mass is 32.2. The molecule has 8 nitrogen and oxygen atoms in total. The number of hydrogen-bond acceptors (Lipinski definition) is 6. The lowest BCUT2D eigenvalue weighted by molar-refractivity contribution is -0.122. The second-order valence-corrected chi connectivity index (χ2v) is 10.0. The van der Waals surface area contributed by atoms with E-state index in [1.165, 1.54) is 39.5 Å². The van der Waals surface area contributed by atoms with Crippen LogP contribution in [0.3, 0.4) is 0 Å². The third-order valence-electron chi connectivity index (χ3n) is 5.14. The van der Waals surface area contributed by atoms with Crippen LogP contribution in [0.1, 0.15) is 31.9 Å². The van der Waals surface area contributed by atoms with Crippen LogP contribution in [0.5, 0.6) is 17.2 Å². The Morgan fingerprint density at radius 1 is 1.16 bits per heavy atom. The third kappa shape index (κ3) is 4.94. The van der Waals surface area contributed by atoms with Crippen LogP contribution in [0, 0.1) is 0 Å². The number of amides is 1. The normalized spacial score (nSPS) is 17.4. The average Bonchev–Trinajstić information content (AvgIpc) is 2.72. The van der Waals surface area contributed by atoms with Gasteiger partial charge in [-0.1, -0.05) is 18.2 Å². The summed E-state index contributed by atoms with van der Waals surface area (Å²) in [6.07, 6.45) is 0.571. The summed E-state index contributed by atoms with van der Waals surface area (Å²) >= 11 is 0. The summed E-state index contributed by atoms with van der Waals surface area (Å²) in [5.41, 5.74) is 0.421. The average molecular weight is 449 g/mol. The van der Waals surface area contributed by atoms with Crippen molar-refractivity contribution in [3.05, 3.63) is 48.0 Å². The Bertz CT molecular complexity index is 1070. The number of carbonyl (C=O) groups excluding carboxylic acids is 1. The first-order valence-electron chi connectivity index (χ1n) is 9.83. The summed E-state index contributed by atoms with van der Waals surface area (Å²) in [7, 11) is 0.365. The van der Waals surface area contributed by atoms with Gasteiger partial charge in [0.2, 0.25) is 15.9 Å². The smallest absolute Gasteiger partial charge is 0.243 e. The quantitative estimate of drug-likeness (QED) is 0.700. The van der Waals surface area contributed by atoms with Crippen LogP contribution < -0.4 is 19.5 Å². The number of rotatable bonds is 7. The van der Waals surface area contributed by atoms with Crippen molar-refractivity contribution in [3.63, 3.8) is 0 Å². The van der Waals surface area contributed by atoms with Crippen molar-refractivity contribution in [1.29, 1.82) is 0 Å². The molecule has 1 N–H and O–H groups in total. The van der Waals surface area contributed by atoms with Gasteiger partial charge in [0, 0.05) is 25.1 Å². The highest BCUT2D eigenvalue weighted by Crippen LogP contribution is 2.39. The van der Waals surface area contributed by atoms with E-state index in [9.17, 15) is 13.2 Å². The molecule has 1 aliphatic rings. The van der Waals surface area contributed by atoms with Crippen LogP contribution in [-0.4, -0.2) is 52.0 Å². The fourth-order valence-electron chi connectivity index (χ4n) is 3.62. The molecule has 1 amide bonds. The standard InChI is InChI=1S/C22H28N2O6S/c1-22(2)13-17(16-8-6-7-9-18(16)30-22)23-21(25)14-24(3)31(26,27)15-10-11-19(28-4)20(12-15)29-5/h6-12,17H,13-14H2,1-5H3,(H,23,25)/t17-/m1/s1. The third-order valence-corrected chi connectivity index (χ3v) is 6.94. The van der Waals surface area contributed by atoms with Gasteiger partial charge in [-0.25, -0.2) is 8.42 Å². The molecule has 9 heteroatoms. The number of nitrogens with one attached hydrogen (secondary N) is 1. The maximum Gasteiger partial charge on any atom is 0.243 e. The molecule has 168 valence electrons. The van der Waals surface area contributed by atoms with Gasteiger partial charge in [-0.2, -0.15) is 4.31 Å². The van der Waals surface area contributed by atoms with Gasteiger partial charge in [-0.05, 0) is 32.0 Å². The van der Waals surface area contributed by atoms with E-state index in [4.69, 9.17) is 14.2 Å². The van der Waals surface area contributed by atoms with Gasteiger partial charge in [0.05, 0.1) is 31.7 Å². The van der Waals surface area contributed by atoms with Crippen LogP contribution in [0.15, 0.2) is 47.4 Å². The molecule has 0 bridgehead atoms. The van der Waals surface area contributed by atoms with E-state index >= 15 is 0 Å². The fraction of sp³-hybridized carbons (Fsp3) is 0.409. The molecule has 0 saturated carbocycles. The van der Waals surface area contributed by atoms with Gasteiger partial charge in [0.25, 0.3) is 0 Å². The molecule has 0 aromatic heterocycles. The predicted octanol–water partition coefficient (Wildman–Crippen LogP) is 2.74. The largest absolute Gasteiger partial charge is 0.493 e. The molecular weight excluding hydrogens is 420 g/mol. The molecule has 0 radical (unpaired) electrons. The lowest BCUT2D eigenvalue weighted by Gasteiger charge is -2.38. The highest BCUT2D eigenvalue weighted by molar-refractivity contribution is 7.89. The fourth-order valence-corrected chi connectivity index (χ4v) is 4.76. The summed E-state index contributed by atoms with van der Waals surface area (Å²) in [5.74, 6) is 1.03. The maximum absolute atomic E-state index is 13.0. The summed E-state index contributed by atoms with van der Waals surface area (Å²) in [6, 6.07) is 11.6. The summed E-state index contributed by atoms with van der Waals surface area (Å²) in [4.78, 5) is 12.8. The van der Waals surface area contributed by atoms with E-state index in [-0.39, 0.29) is 17.5 Å². The van der Waals surface area contributed by atoms with Crippen molar-refractivity contribution < 1.29 is 27.4 Å². The molecule has 0 fully saturated rings. The van der Waals surface area contributed by atoms with Gasteiger partial charge >= 0.3 is 0 Å². The number of carbonyl (C=O) groups is 1. The molecule has 1 heterocycles. The summed E-state index contributed by atoms with van der Waals surface area (Å²) < 4.78 is 43.3. The van der Waals surface area contributed by atoms with Crippen molar-refractivity contribution in [2.24, 2.45) is 0 Å². The first-order chi connectivity index (χ1) is 14.6. The molecule has 1 aliphatic heterocycles. The second-order valence-electron chi connectivity index (χ2n) is 8.00. The van der Waals surface area contributed by atoms with Gasteiger partial charge in [-0.15, -0.1) is 0 Å². The number of methoxy groups -OCH3 is 2. The van der Waals surface area contributed by atoms with E-state index in [0.29, 0.717) is 17.9 Å². The summed E-state index contributed by atoms with van der Waals surface area (Å²) in [5, 5.41) is 2.96. The van der Waals surface area contributed by atoms with Crippen LogP contribution in [0.25, 0.3) is 0 Å². The van der Waals surface area contributed by atoms with Crippen molar-refractivity contribution in [2.45, 2.75) is 36.8 Å². The molecule has 31 heavy (non-hydrogen) atoms. The van der Waals surface area contributed by atoms with Crippen LogP contribution in [-0.2, 0) is 14.8 Å². The molecule has 3 rings (SSSR count). The Morgan fingerprint density at radius 3 is 2.52 bits per heavy atom. The molecule has 1 atom stereocenters. The predicted molar refractivity (Wildman–Crippen MR) is 116 cm³/mol. The van der Waals surface area contributed by atoms with Crippen molar-refractivity contribution in [1.82, 2.24) is 9.62 Å². The van der Waals surface area contributed by atoms with Crippen LogP contribution in [0.4, 0.5) is 0 Å². The summed E-state index contributed by atoms with van der Waals surface area (Å²) in [6.45, 7) is 3.59. The van der Waals surface area contributed by atoms with Gasteiger partial charge in [0.1, 0.15) is 11.4 Å². The monoisotopic (exact) mass is 448 g/mol. The molecule has 0 aliphatic carbocycles. The molecular formula is C22H28N2O6S. The number of ether oxygens (including phenoxy) is 3. The van der Waals surface area contributed by atoms with Crippen LogP contribution in [0.2, 0.25) is 0 Å². The van der Waals surface area contributed by atoms with E-state index in [1.807, 2.05) is 38.1 Å². The number of para-hydroxylation sites is 1. The van der Waals surface area contributed by atoms with Gasteiger partial charge in [-0.3, -0.25) is 4.79 Å². The number of fused-ring (bicyclic) bond motifs is 1. The van der Waals surface area contributed by atoms with Crippen LogP contribution >= 0.6 is 0 Å². The first kappa shape index (κ1) is 22.9. The SMILES string of the molecule is COc1ccc(S(=O)(=O)N(C)CC(=O)N[C@@H]2CC(C)(C)Oc3ccccc32)cc1OC. The Kier molecular flexibility index (Phi) is 6.47. The zero-order valence-electron chi connectivity index (χ0n) is 18.3.